The van der Waals surface area contributed by atoms with Gasteiger partial charge in [-0.1, -0.05) is 42.4 Å². The minimum absolute atomic E-state index is 0.00161. The molecule has 30 heavy (non-hydrogen) atoms. The van der Waals surface area contributed by atoms with Gasteiger partial charge >= 0.3 is 5.97 Å². The maximum Gasteiger partial charge on any atom is 0.339 e. The number of amides is 1. The van der Waals surface area contributed by atoms with Crippen LogP contribution >= 0.6 is 23.4 Å². The number of carbonyl (C=O) groups excluding carboxylic acids is 2. The van der Waals surface area contributed by atoms with E-state index in [1.54, 1.807) is 28.8 Å². The number of halogens is 1. The van der Waals surface area contributed by atoms with E-state index >= 15 is 0 Å². The molecule has 0 unspecified atom stereocenters. The fourth-order valence-corrected chi connectivity index (χ4v) is 3.90. The van der Waals surface area contributed by atoms with Crippen LogP contribution in [-0.2, 0) is 16.1 Å². The van der Waals surface area contributed by atoms with E-state index in [4.69, 9.17) is 16.3 Å². The molecule has 1 N–H and O–H groups in total. The molecule has 0 spiro atoms. The Morgan fingerprint density at radius 1 is 1.23 bits per heavy atom. The van der Waals surface area contributed by atoms with Gasteiger partial charge in [-0.05, 0) is 36.8 Å². The summed E-state index contributed by atoms with van der Waals surface area (Å²) in [5, 5.41) is 4.06. The molecule has 0 atom stereocenters. The summed E-state index contributed by atoms with van der Waals surface area (Å²) < 4.78 is 6.32. The Labute approximate surface area is 182 Å². The largest absolute Gasteiger partial charge is 0.465 e. The first-order chi connectivity index (χ1) is 14.4. The number of rotatable bonds is 7. The number of hydrogen-bond acceptors (Lipinski definition) is 6. The lowest BCUT2D eigenvalue weighted by atomic mass is 10.2. The highest BCUT2D eigenvalue weighted by Crippen LogP contribution is 2.23. The van der Waals surface area contributed by atoms with Gasteiger partial charge in [-0.15, -0.1) is 0 Å². The fraction of sp³-hybridized carbons (Fsp3) is 0.238. The second-order valence-electron chi connectivity index (χ2n) is 6.39. The number of esters is 1. The van der Waals surface area contributed by atoms with Crippen molar-refractivity contribution in [3.05, 3.63) is 63.4 Å². The van der Waals surface area contributed by atoms with Crippen molar-refractivity contribution in [2.45, 2.75) is 25.0 Å². The van der Waals surface area contributed by atoms with Gasteiger partial charge in [0.1, 0.15) is 0 Å². The van der Waals surface area contributed by atoms with E-state index < -0.39 is 5.97 Å². The Morgan fingerprint density at radius 3 is 2.73 bits per heavy atom. The minimum atomic E-state index is -0.581. The third kappa shape index (κ3) is 4.83. The van der Waals surface area contributed by atoms with Crippen molar-refractivity contribution in [1.29, 1.82) is 0 Å². The molecule has 0 aliphatic heterocycles. The molecule has 0 bridgehead atoms. The summed E-state index contributed by atoms with van der Waals surface area (Å²) in [5.74, 6) is -0.942. The molecule has 9 heteroatoms. The second kappa shape index (κ2) is 9.77. The monoisotopic (exact) mass is 445 g/mol. The molecule has 3 aromatic rings. The van der Waals surface area contributed by atoms with E-state index in [-0.39, 0.29) is 28.5 Å². The summed E-state index contributed by atoms with van der Waals surface area (Å²) in [4.78, 5) is 41.8. The quantitative estimate of drug-likeness (QED) is 0.336. The highest BCUT2D eigenvalue weighted by molar-refractivity contribution is 7.99. The van der Waals surface area contributed by atoms with Crippen molar-refractivity contribution in [1.82, 2.24) is 9.55 Å². The zero-order valence-corrected chi connectivity index (χ0v) is 18.0. The predicted octanol–water partition coefficient (Wildman–Crippen LogP) is 3.98. The lowest BCUT2D eigenvalue weighted by molar-refractivity contribution is -0.113. The third-order valence-corrected chi connectivity index (χ3v) is 5.48. The van der Waals surface area contributed by atoms with Gasteiger partial charge in [-0.3, -0.25) is 14.2 Å². The molecule has 3 rings (SSSR count). The van der Waals surface area contributed by atoms with Crippen LogP contribution in [0.4, 0.5) is 5.69 Å². The smallest absolute Gasteiger partial charge is 0.339 e. The number of thioether (sulfide) groups is 1. The van der Waals surface area contributed by atoms with Gasteiger partial charge in [-0.25, -0.2) is 9.78 Å². The molecule has 7 nitrogen and oxygen atoms in total. The van der Waals surface area contributed by atoms with Crippen LogP contribution in [0, 0.1) is 0 Å². The number of fused-ring (bicyclic) bond motifs is 1. The Balaban J connectivity index is 1.82. The van der Waals surface area contributed by atoms with Crippen LogP contribution in [0.2, 0.25) is 5.02 Å². The summed E-state index contributed by atoms with van der Waals surface area (Å²) in [6.07, 6.45) is 0.755. The summed E-state index contributed by atoms with van der Waals surface area (Å²) >= 11 is 7.15. The summed E-state index contributed by atoms with van der Waals surface area (Å²) in [7, 11) is 1.26. The zero-order chi connectivity index (χ0) is 21.7. The molecular weight excluding hydrogens is 426 g/mol. The lowest BCUT2D eigenvalue weighted by Crippen LogP contribution is -2.24. The standard InChI is InChI=1S/C21H20ClN3O4S/c1-3-10-25-19(27)14-6-4-5-7-16(14)24-21(25)30-12-18(26)23-17-11-13(22)8-9-15(17)20(28)29-2/h4-9,11H,3,10,12H2,1-2H3,(H,23,26). The SMILES string of the molecule is CCCn1c(SCC(=O)Nc2cc(Cl)ccc2C(=O)OC)nc2ccccc2c1=O. The molecule has 0 saturated carbocycles. The van der Waals surface area contributed by atoms with Crippen molar-refractivity contribution < 1.29 is 14.3 Å². The first kappa shape index (κ1) is 21.9. The Hall–Kier alpha value is -2.84. The highest BCUT2D eigenvalue weighted by Gasteiger charge is 2.16. The van der Waals surface area contributed by atoms with Crippen molar-refractivity contribution in [3.63, 3.8) is 0 Å². The number of para-hydroxylation sites is 1. The van der Waals surface area contributed by atoms with Gasteiger partial charge in [0.2, 0.25) is 5.91 Å². The summed E-state index contributed by atoms with van der Waals surface area (Å²) in [6, 6.07) is 11.6. The van der Waals surface area contributed by atoms with Crippen LogP contribution in [0.3, 0.4) is 0 Å². The highest BCUT2D eigenvalue weighted by atomic mass is 35.5. The fourth-order valence-electron chi connectivity index (χ4n) is 2.90. The molecule has 0 aliphatic rings. The number of nitrogens with one attached hydrogen (secondary N) is 1. The van der Waals surface area contributed by atoms with Crippen LogP contribution in [0.1, 0.15) is 23.7 Å². The van der Waals surface area contributed by atoms with Gasteiger partial charge in [0.25, 0.3) is 5.56 Å². The molecular formula is C21H20ClN3O4S. The number of aromatic nitrogens is 2. The van der Waals surface area contributed by atoms with Crippen molar-refractivity contribution in [3.8, 4) is 0 Å². The van der Waals surface area contributed by atoms with Gasteiger partial charge < -0.3 is 10.1 Å². The van der Waals surface area contributed by atoms with E-state index in [0.29, 0.717) is 27.6 Å². The number of methoxy groups -OCH3 is 1. The van der Waals surface area contributed by atoms with Crippen LogP contribution in [0.25, 0.3) is 10.9 Å². The lowest BCUT2D eigenvalue weighted by Gasteiger charge is -2.13. The number of ether oxygens (including phenoxy) is 1. The maximum absolute atomic E-state index is 12.8. The minimum Gasteiger partial charge on any atom is -0.465 e. The zero-order valence-electron chi connectivity index (χ0n) is 16.5. The van der Waals surface area contributed by atoms with E-state index in [9.17, 15) is 14.4 Å². The molecule has 1 amide bonds. The Morgan fingerprint density at radius 2 is 2.00 bits per heavy atom. The van der Waals surface area contributed by atoms with Crippen LogP contribution in [-0.4, -0.2) is 34.3 Å². The average Bonchev–Trinajstić information content (AvgIpc) is 2.74. The normalized spacial score (nSPS) is 10.8. The van der Waals surface area contributed by atoms with Crippen molar-refractivity contribution in [2.75, 3.05) is 18.2 Å². The molecule has 2 aromatic carbocycles. The predicted molar refractivity (Wildman–Crippen MR) is 118 cm³/mol. The first-order valence-electron chi connectivity index (χ1n) is 9.24. The average molecular weight is 446 g/mol. The van der Waals surface area contributed by atoms with Crippen LogP contribution in [0.15, 0.2) is 52.4 Å². The first-order valence-corrected chi connectivity index (χ1v) is 10.6. The van der Waals surface area contributed by atoms with E-state index in [1.807, 2.05) is 13.0 Å². The summed E-state index contributed by atoms with van der Waals surface area (Å²) in [5.41, 5.74) is 0.915. The number of anilines is 1. The molecule has 0 saturated heterocycles. The number of nitrogens with zero attached hydrogens (tertiary/aromatic N) is 2. The van der Waals surface area contributed by atoms with Crippen LogP contribution in [0.5, 0.6) is 0 Å². The number of benzene rings is 2. The summed E-state index contributed by atoms with van der Waals surface area (Å²) in [6.45, 7) is 2.47. The number of hydrogen-bond donors (Lipinski definition) is 1. The van der Waals surface area contributed by atoms with Gasteiger partial charge in [-0.2, -0.15) is 0 Å². The Kier molecular flexibility index (Phi) is 7.12. The molecule has 0 aliphatic carbocycles. The van der Waals surface area contributed by atoms with Crippen molar-refractivity contribution in [2.24, 2.45) is 0 Å². The molecule has 1 aromatic heterocycles. The van der Waals surface area contributed by atoms with Crippen LogP contribution < -0.4 is 10.9 Å². The molecule has 0 radical (unpaired) electrons. The number of carbonyl (C=O) groups is 2. The molecule has 1 heterocycles. The topological polar surface area (TPSA) is 90.3 Å². The van der Waals surface area contributed by atoms with Gasteiger partial charge in [0, 0.05) is 11.6 Å². The Bertz CT molecular complexity index is 1160. The second-order valence-corrected chi connectivity index (χ2v) is 7.77. The van der Waals surface area contributed by atoms with Gasteiger partial charge in [0.05, 0.1) is 35.0 Å². The van der Waals surface area contributed by atoms with E-state index in [1.165, 1.54) is 19.2 Å². The van der Waals surface area contributed by atoms with E-state index in [0.717, 1.165) is 18.2 Å². The molecule has 156 valence electrons. The maximum atomic E-state index is 12.8. The molecule has 0 fully saturated rings. The third-order valence-electron chi connectivity index (χ3n) is 4.27. The van der Waals surface area contributed by atoms with E-state index in [2.05, 4.69) is 10.3 Å². The van der Waals surface area contributed by atoms with Crippen molar-refractivity contribution >= 4 is 51.8 Å². The van der Waals surface area contributed by atoms with Gasteiger partial charge in [0.15, 0.2) is 5.16 Å².